The van der Waals surface area contributed by atoms with Gasteiger partial charge in [0.05, 0.1) is 0 Å². The summed E-state index contributed by atoms with van der Waals surface area (Å²) in [7, 11) is 0. The van der Waals surface area contributed by atoms with Crippen molar-refractivity contribution in [2.45, 2.75) is 45.6 Å². The molecule has 100 valence electrons. The molecule has 1 atom stereocenters. The Morgan fingerprint density at radius 2 is 1.89 bits per heavy atom. The first kappa shape index (κ1) is 12.9. The first-order valence-electron chi connectivity index (χ1n) is 7.02. The molecular weight excluding hydrogens is 252 g/mol. The van der Waals surface area contributed by atoms with Crippen molar-refractivity contribution >= 4 is 11.3 Å². The highest BCUT2D eigenvalue weighted by Crippen LogP contribution is 2.36. The van der Waals surface area contributed by atoms with Crippen LogP contribution in [-0.4, -0.2) is 5.11 Å². The lowest BCUT2D eigenvalue weighted by Gasteiger charge is -2.13. The third-order valence-electron chi connectivity index (χ3n) is 4.01. The summed E-state index contributed by atoms with van der Waals surface area (Å²) in [6, 6.07) is 8.54. The first-order valence-corrected chi connectivity index (χ1v) is 7.83. The number of rotatable bonds is 2. The topological polar surface area (TPSA) is 20.2 Å². The molecule has 1 aliphatic rings. The van der Waals surface area contributed by atoms with Crippen molar-refractivity contribution in [3.63, 3.8) is 0 Å². The Bertz CT molecular complexity index is 574. The Hall–Kier alpha value is -1.12. The highest BCUT2D eigenvalue weighted by molar-refractivity contribution is 7.12. The summed E-state index contributed by atoms with van der Waals surface area (Å²) in [6.07, 6.45) is 4.51. The van der Waals surface area contributed by atoms with Crippen molar-refractivity contribution in [2.75, 3.05) is 0 Å². The lowest BCUT2D eigenvalue weighted by molar-refractivity contribution is 0.223. The summed E-state index contributed by atoms with van der Waals surface area (Å²) in [5.41, 5.74) is 4.90. The molecule has 0 spiro atoms. The van der Waals surface area contributed by atoms with Crippen molar-refractivity contribution in [2.24, 2.45) is 0 Å². The number of benzene rings is 1. The van der Waals surface area contributed by atoms with Crippen molar-refractivity contribution in [3.8, 4) is 0 Å². The van der Waals surface area contributed by atoms with E-state index in [4.69, 9.17) is 0 Å². The number of hydrogen-bond donors (Lipinski definition) is 1. The number of thiophene rings is 1. The van der Waals surface area contributed by atoms with E-state index in [1.807, 2.05) is 0 Å². The highest BCUT2D eigenvalue weighted by atomic mass is 32.1. The highest BCUT2D eigenvalue weighted by Gasteiger charge is 2.19. The Morgan fingerprint density at radius 3 is 2.68 bits per heavy atom. The van der Waals surface area contributed by atoms with Crippen molar-refractivity contribution in [1.29, 1.82) is 0 Å². The molecule has 2 heteroatoms. The molecule has 19 heavy (non-hydrogen) atoms. The zero-order valence-electron chi connectivity index (χ0n) is 11.6. The summed E-state index contributed by atoms with van der Waals surface area (Å²) >= 11 is 1.80. The summed E-state index contributed by atoms with van der Waals surface area (Å²) in [5.74, 6) is 0. The van der Waals surface area contributed by atoms with Gasteiger partial charge >= 0.3 is 0 Å². The van der Waals surface area contributed by atoms with Crippen LogP contribution in [0.5, 0.6) is 0 Å². The van der Waals surface area contributed by atoms with Gasteiger partial charge in [-0.2, -0.15) is 0 Å². The van der Waals surface area contributed by atoms with Crippen LogP contribution in [0.25, 0.3) is 0 Å². The predicted molar refractivity (Wildman–Crippen MR) is 80.9 cm³/mol. The molecule has 3 rings (SSSR count). The Balaban J connectivity index is 1.97. The van der Waals surface area contributed by atoms with Crippen LogP contribution in [0.3, 0.4) is 0 Å². The average Bonchev–Trinajstić information content (AvgIpc) is 2.84. The third kappa shape index (κ3) is 2.47. The van der Waals surface area contributed by atoms with E-state index in [2.05, 4.69) is 38.1 Å². The molecule has 0 bridgehead atoms. The quantitative estimate of drug-likeness (QED) is 0.863. The van der Waals surface area contributed by atoms with E-state index in [0.717, 1.165) is 10.4 Å². The van der Waals surface area contributed by atoms with Crippen LogP contribution in [0.2, 0.25) is 0 Å². The number of hydrogen-bond acceptors (Lipinski definition) is 2. The summed E-state index contributed by atoms with van der Waals surface area (Å²) in [6.45, 7) is 4.15. The van der Waals surface area contributed by atoms with E-state index in [9.17, 15) is 5.11 Å². The normalized spacial score (nSPS) is 16.2. The number of aryl methyl sites for hydroxylation is 4. The van der Waals surface area contributed by atoms with Crippen LogP contribution >= 0.6 is 11.3 Å². The van der Waals surface area contributed by atoms with Gasteiger partial charge in [0.15, 0.2) is 0 Å². The van der Waals surface area contributed by atoms with E-state index < -0.39 is 6.10 Å². The van der Waals surface area contributed by atoms with Gasteiger partial charge < -0.3 is 5.11 Å². The number of aliphatic hydroxyl groups is 1. The second-order valence-electron chi connectivity index (χ2n) is 5.57. The van der Waals surface area contributed by atoms with Gasteiger partial charge in [0.25, 0.3) is 0 Å². The van der Waals surface area contributed by atoms with Gasteiger partial charge in [0, 0.05) is 9.75 Å². The van der Waals surface area contributed by atoms with Crippen LogP contribution in [-0.2, 0) is 12.8 Å². The monoisotopic (exact) mass is 272 g/mol. The van der Waals surface area contributed by atoms with Gasteiger partial charge in [-0.15, -0.1) is 11.3 Å². The molecule has 1 unspecified atom stereocenters. The molecule has 1 heterocycles. The SMILES string of the molecule is Cc1ccc(C)c(C(O)c2cc3c(s2)CCCC3)c1. The molecule has 1 aliphatic carbocycles. The van der Waals surface area contributed by atoms with Gasteiger partial charge in [-0.1, -0.05) is 23.8 Å². The van der Waals surface area contributed by atoms with Crippen LogP contribution in [0.15, 0.2) is 24.3 Å². The lowest BCUT2D eigenvalue weighted by Crippen LogP contribution is -2.00. The first-order chi connectivity index (χ1) is 9.15. The standard InChI is InChI=1S/C17H20OS/c1-11-7-8-12(2)14(9-11)17(18)16-10-13-5-3-4-6-15(13)19-16/h7-10,17-18H,3-6H2,1-2H3. The molecule has 1 aromatic heterocycles. The van der Waals surface area contributed by atoms with Gasteiger partial charge in [0.1, 0.15) is 6.10 Å². The molecule has 0 saturated carbocycles. The van der Waals surface area contributed by atoms with Crippen molar-refractivity contribution in [3.05, 3.63) is 56.3 Å². The Kier molecular flexibility index (Phi) is 3.46. The Morgan fingerprint density at radius 1 is 1.11 bits per heavy atom. The minimum atomic E-state index is -0.462. The zero-order valence-corrected chi connectivity index (χ0v) is 12.4. The largest absolute Gasteiger partial charge is 0.383 e. The second-order valence-corrected chi connectivity index (χ2v) is 6.74. The molecule has 0 aliphatic heterocycles. The number of fused-ring (bicyclic) bond motifs is 1. The van der Waals surface area contributed by atoms with Crippen molar-refractivity contribution < 1.29 is 5.11 Å². The molecule has 1 N–H and O–H groups in total. The smallest absolute Gasteiger partial charge is 0.113 e. The zero-order chi connectivity index (χ0) is 13.4. The maximum Gasteiger partial charge on any atom is 0.113 e. The van der Waals surface area contributed by atoms with Gasteiger partial charge in [0.2, 0.25) is 0 Å². The van der Waals surface area contributed by atoms with Crippen LogP contribution in [0, 0.1) is 13.8 Å². The fourth-order valence-electron chi connectivity index (χ4n) is 2.86. The minimum Gasteiger partial charge on any atom is -0.383 e. The molecule has 0 saturated heterocycles. The summed E-state index contributed by atoms with van der Waals surface area (Å²) in [4.78, 5) is 2.60. The fraction of sp³-hybridized carbons (Fsp3) is 0.412. The third-order valence-corrected chi connectivity index (χ3v) is 5.30. The average molecular weight is 272 g/mol. The molecule has 2 aromatic rings. The van der Waals surface area contributed by atoms with Gasteiger partial charge in [-0.25, -0.2) is 0 Å². The molecule has 1 nitrogen and oxygen atoms in total. The number of aliphatic hydroxyl groups excluding tert-OH is 1. The van der Waals surface area contributed by atoms with Crippen LogP contribution in [0.4, 0.5) is 0 Å². The predicted octanol–water partition coefficient (Wildman–Crippen LogP) is 4.33. The molecular formula is C17H20OS. The van der Waals surface area contributed by atoms with Gasteiger partial charge in [-0.3, -0.25) is 0 Å². The molecule has 1 aromatic carbocycles. The molecule has 0 amide bonds. The summed E-state index contributed by atoms with van der Waals surface area (Å²) < 4.78 is 0. The van der Waals surface area contributed by atoms with E-state index in [-0.39, 0.29) is 0 Å². The molecule has 0 radical (unpaired) electrons. The Labute approximate surface area is 118 Å². The molecule has 0 fully saturated rings. The summed E-state index contributed by atoms with van der Waals surface area (Å²) in [5, 5.41) is 10.7. The lowest BCUT2D eigenvalue weighted by atomic mass is 9.97. The van der Waals surface area contributed by atoms with Gasteiger partial charge in [-0.05, 0) is 62.3 Å². The maximum absolute atomic E-state index is 10.7. The second kappa shape index (κ2) is 5.10. The van der Waals surface area contributed by atoms with Crippen LogP contribution < -0.4 is 0 Å². The van der Waals surface area contributed by atoms with E-state index in [0.29, 0.717) is 0 Å². The van der Waals surface area contributed by atoms with Crippen LogP contribution in [0.1, 0.15) is 51.0 Å². The van der Waals surface area contributed by atoms with Crippen molar-refractivity contribution in [1.82, 2.24) is 0 Å². The minimum absolute atomic E-state index is 0.462. The van der Waals surface area contributed by atoms with E-state index >= 15 is 0 Å². The maximum atomic E-state index is 10.7. The fourth-order valence-corrected chi connectivity index (χ4v) is 4.12. The van der Waals surface area contributed by atoms with E-state index in [1.54, 1.807) is 11.3 Å². The van der Waals surface area contributed by atoms with E-state index in [1.165, 1.54) is 47.3 Å².